The van der Waals surface area contributed by atoms with Crippen LogP contribution in [0, 0.1) is 0 Å². The second kappa shape index (κ2) is 6.01. The van der Waals surface area contributed by atoms with Gasteiger partial charge in [-0.15, -0.1) is 0 Å². The summed E-state index contributed by atoms with van der Waals surface area (Å²) >= 11 is 0. The Morgan fingerprint density at radius 2 is 1.95 bits per heavy atom. The molecule has 3 amide bonds. The van der Waals surface area contributed by atoms with E-state index in [9.17, 15) is 19.5 Å². The lowest BCUT2D eigenvalue weighted by Gasteiger charge is -2.37. The lowest BCUT2D eigenvalue weighted by Crippen LogP contribution is -2.55. The number of imide groups is 1. The SMILES string of the molecule is CCCN1CCC2(CC1)NC(=O)N(C(CC)C(=O)O)C2=O. The molecule has 2 aliphatic heterocycles. The van der Waals surface area contributed by atoms with E-state index in [0.717, 1.165) is 31.0 Å². The van der Waals surface area contributed by atoms with Gasteiger partial charge in [0.1, 0.15) is 11.6 Å². The molecule has 21 heavy (non-hydrogen) atoms. The number of rotatable bonds is 5. The normalized spacial score (nSPS) is 23.4. The van der Waals surface area contributed by atoms with Gasteiger partial charge in [-0.05, 0) is 32.2 Å². The Labute approximate surface area is 124 Å². The van der Waals surface area contributed by atoms with E-state index in [0.29, 0.717) is 12.8 Å². The average molecular weight is 297 g/mol. The zero-order valence-corrected chi connectivity index (χ0v) is 12.6. The summed E-state index contributed by atoms with van der Waals surface area (Å²) in [5.41, 5.74) is -0.899. The maximum atomic E-state index is 12.6. The molecule has 2 aliphatic rings. The fourth-order valence-electron chi connectivity index (χ4n) is 3.21. The van der Waals surface area contributed by atoms with E-state index in [1.54, 1.807) is 6.92 Å². The molecule has 1 spiro atoms. The Morgan fingerprint density at radius 1 is 1.33 bits per heavy atom. The second-order valence-electron chi connectivity index (χ2n) is 5.79. The molecule has 118 valence electrons. The zero-order valence-electron chi connectivity index (χ0n) is 12.6. The zero-order chi connectivity index (χ0) is 15.6. The van der Waals surface area contributed by atoms with Gasteiger partial charge in [-0.3, -0.25) is 4.79 Å². The summed E-state index contributed by atoms with van der Waals surface area (Å²) in [6.45, 7) is 6.24. The number of nitrogens with one attached hydrogen (secondary N) is 1. The molecule has 0 aliphatic carbocycles. The number of urea groups is 1. The second-order valence-corrected chi connectivity index (χ2v) is 5.79. The number of nitrogens with zero attached hydrogens (tertiary/aromatic N) is 2. The van der Waals surface area contributed by atoms with Crippen LogP contribution in [0.4, 0.5) is 4.79 Å². The van der Waals surface area contributed by atoms with Gasteiger partial charge in [0.05, 0.1) is 0 Å². The highest BCUT2D eigenvalue weighted by Gasteiger charge is 2.54. The van der Waals surface area contributed by atoms with Crippen molar-refractivity contribution in [3.8, 4) is 0 Å². The first-order valence-corrected chi connectivity index (χ1v) is 7.56. The number of amides is 3. The predicted molar refractivity (Wildman–Crippen MR) is 75.8 cm³/mol. The molecule has 2 saturated heterocycles. The number of carbonyl (C=O) groups excluding carboxylic acids is 2. The minimum atomic E-state index is -1.14. The van der Waals surface area contributed by atoms with Gasteiger partial charge in [0.2, 0.25) is 0 Å². The Hall–Kier alpha value is -1.63. The van der Waals surface area contributed by atoms with Crippen LogP contribution in [0.15, 0.2) is 0 Å². The predicted octanol–water partition coefficient (Wildman–Crippen LogP) is 0.646. The Kier molecular flexibility index (Phi) is 4.51. The summed E-state index contributed by atoms with van der Waals surface area (Å²) in [4.78, 5) is 39.1. The molecule has 0 saturated carbocycles. The Bertz CT molecular complexity index is 444. The fraction of sp³-hybridized carbons (Fsp3) is 0.786. The van der Waals surface area contributed by atoms with Crippen LogP contribution in [0.25, 0.3) is 0 Å². The van der Waals surface area contributed by atoms with Gasteiger partial charge >= 0.3 is 12.0 Å². The van der Waals surface area contributed by atoms with Crippen LogP contribution in [0.5, 0.6) is 0 Å². The van der Waals surface area contributed by atoms with Crippen LogP contribution in [0.3, 0.4) is 0 Å². The largest absolute Gasteiger partial charge is 0.480 e. The van der Waals surface area contributed by atoms with E-state index < -0.39 is 23.6 Å². The summed E-state index contributed by atoms with van der Waals surface area (Å²) in [7, 11) is 0. The number of carbonyl (C=O) groups is 3. The molecule has 2 fully saturated rings. The van der Waals surface area contributed by atoms with Gasteiger partial charge < -0.3 is 15.3 Å². The van der Waals surface area contributed by atoms with E-state index in [1.165, 1.54) is 0 Å². The van der Waals surface area contributed by atoms with Crippen molar-refractivity contribution in [3.05, 3.63) is 0 Å². The highest BCUT2D eigenvalue weighted by atomic mass is 16.4. The van der Waals surface area contributed by atoms with E-state index in [-0.39, 0.29) is 12.3 Å². The minimum Gasteiger partial charge on any atom is -0.480 e. The molecule has 7 nitrogen and oxygen atoms in total. The maximum Gasteiger partial charge on any atom is 0.326 e. The fourth-order valence-corrected chi connectivity index (χ4v) is 3.21. The summed E-state index contributed by atoms with van der Waals surface area (Å²) in [5.74, 6) is -1.51. The molecular weight excluding hydrogens is 274 g/mol. The van der Waals surface area contributed by atoms with Crippen molar-refractivity contribution < 1.29 is 19.5 Å². The molecular formula is C14H23N3O4. The summed E-state index contributed by atoms with van der Waals surface area (Å²) < 4.78 is 0. The van der Waals surface area contributed by atoms with Gasteiger partial charge in [-0.25, -0.2) is 14.5 Å². The summed E-state index contributed by atoms with van der Waals surface area (Å²) in [5, 5.41) is 11.9. The number of piperidine rings is 1. The topological polar surface area (TPSA) is 90.0 Å². The van der Waals surface area contributed by atoms with Crippen molar-refractivity contribution in [2.45, 2.75) is 51.1 Å². The number of carboxylic acids is 1. The van der Waals surface area contributed by atoms with Gasteiger partial charge in [0, 0.05) is 13.1 Å². The van der Waals surface area contributed by atoms with Crippen LogP contribution in [0.1, 0.15) is 39.5 Å². The highest BCUT2D eigenvalue weighted by Crippen LogP contribution is 2.31. The van der Waals surface area contributed by atoms with Crippen LogP contribution in [-0.4, -0.2) is 64.0 Å². The first-order chi connectivity index (χ1) is 9.95. The standard InChI is InChI=1S/C14H23N3O4/c1-3-7-16-8-5-14(6-9-16)12(20)17(13(21)15-14)10(4-2)11(18)19/h10H,3-9H2,1-2H3,(H,15,21)(H,18,19). The van der Waals surface area contributed by atoms with Crippen LogP contribution >= 0.6 is 0 Å². The van der Waals surface area contributed by atoms with Crippen molar-refractivity contribution in [2.75, 3.05) is 19.6 Å². The molecule has 1 atom stereocenters. The van der Waals surface area contributed by atoms with Crippen molar-refractivity contribution in [1.82, 2.24) is 15.1 Å². The van der Waals surface area contributed by atoms with Gasteiger partial charge in [0.25, 0.3) is 5.91 Å². The third-order valence-corrected chi connectivity index (χ3v) is 4.43. The van der Waals surface area contributed by atoms with Gasteiger partial charge in [0.15, 0.2) is 0 Å². The van der Waals surface area contributed by atoms with Crippen LogP contribution in [-0.2, 0) is 9.59 Å². The van der Waals surface area contributed by atoms with E-state index in [1.807, 2.05) is 0 Å². The first kappa shape index (κ1) is 15.8. The lowest BCUT2D eigenvalue weighted by atomic mass is 9.87. The van der Waals surface area contributed by atoms with Crippen LogP contribution in [0.2, 0.25) is 0 Å². The monoisotopic (exact) mass is 297 g/mol. The van der Waals surface area contributed by atoms with Crippen molar-refractivity contribution in [1.29, 1.82) is 0 Å². The molecule has 2 rings (SSSR count). The number of aliphatic carboxylic acids is 1. The van der Waals surface area contributed by atoms with Crippen LogP contribution < -0.4 is 5.32 Å². The van der Waals surface area contributed by atoms with Crippen molar-refractivity contribution >= 4 is 17.9 Å². The van der Waals surface area contributed by atoms with Crippen molar-refractivity contribution in [2.24, 2.45) is 0 Å². The van der Waals surface area contributed by atoms with Gasteiger partial charge in [-0.1, -0.05) is 13.8 Å². The molecule has 0 aromatic rings. The summed E-state index contributed by atoms with van der Waals surface area (Å²) in [6, 6.07) is -1.65. The van der Waals surface area contributed by atoms with Gasteiger partial charge in [-0.2, -0.15) is 0 Å². The Balaban J connectivity index is 2.13. The number of hydrogen-bond acceptors (Lipinski definition) is 4. The molecule has 0 aromatic heterocycles. The maximum absolute atomic E-state index is 12.6. The molecule has 2 N–H and O–H groups in total. The third-order valence-electron chi connectivity index (χ3n) is 4.43. The number of likely N-dealkylation sites (tertiary alicyclic amines) is 1. The molecule has 7 heteroatoms. The van der Waals surface area contributed by atoms with Crippen molar-refractivity contribution in [3.63, 3.8) is 0 Å². The molecule has 0 radical (unpaired) electrons. The average Bonchev–Trinajstić information content (AvgIpc) is 2.67. The molecule has 2 heterocycles. The van der Waals surface area contributed by atoms with E-state index in [2.05, 4.69) is 17.1 Å². The van der Waals surface area contributed by atoms with E-state index in [4.69, 9.17) is 0 Å². The molecule has 0 aromatic carbocycles. The third kappa shape index (κ3) is 2.74. The summed E-state index contributed by atoms with van der Waals surface area (Å²) in [6.07, 6.45) is 2.36. The number of carboxylic acid groups (broad SMARTS) is 1. The Morgan fingerprint density at radius 3 is 2.43 bits per heavy atom. The molecule has 1 unspecified atom stereocenters. The lowest BCUT2D eigenvalue weighted by molar-refractivity contribution is -0.148. The smallest absolute Gasteiger partial charge is 0.326 e. The highest BCUT2D eigenvalue weighted by molar-refractivity contribution is 6.09. The first-order valence-electron chi connectivity index (χ1n) is 7.56. The quantitative estimate of drug-likeness (QED) is 0.727. The molecule has 0 bridgehead atoms. The minimum absolute atomic E-state index is 0.215. The number of hydrogen-bond donors (Lipinski definition) is 2. The van der Waals surface area contributed by atoms with E-state index >= 15 is 0 Å².